The van der Waals surface area contributed by atoms with Crippen molar-refractivity contribution in [1.29, 1.82) is 0 Å². The van der Waals surface area contributed by atoms with Crippen molar-refractivity contribution in [1.82, 2.24) is 10.2 Å². The van der Waals surface area contributed by atoms with Crippen LogP contribution in [0.25, 0.3) is 0 Å². The number of ether oxygens (including phenoxy) is 3. The van der Waals surface area contributed by atoms with E-state index < -0.39 is 0 Å². The summed E-state index contributed by atoms with van der Waals surface area (Å²) in [6.45, 7) is 20.5. The smallest absolute Gasteiger partial charge is 0.407 e. The van der Waals surface area contributed by atoms with Crippen LogP contribution in [0.4, 0.5) is 4.79 Å². The molecule has 0 aromatic heterocycles. The lowest BCUT2D eigenvalue weighted by atomic mass is 9.50. The van der Waals surface area contributed by atoms with Gasteiger partial charge in [-0.15, -0.1) is 0 Å². The molecule has 8 nitrogen and oxygen atoms in total. The van der Waals surface area contributed by atoms with Crippen LogP contribution in [0.5, 0.6) is 0 Å². The fourth-order valence-corrected chi connectivity index (χ4v) is 13.6. The van der Waals surface area contributed by atoms with Gasteiger partial charge >= 0.3 is 18.0 Å². The Balaban J connectivity index is 1.15. The normalized spacial score (nSPS) is 24.9. The third kappa shape index (κ3) is 21.7. The van der Waals surface area contributed by atoms with Crippen molar-refractivity contribution in [3.8, 4) is 0 Å². The Labute approximate surface area is 449 Å². The molecule has 73 heavy (non-hydrogen) atoms. The summed E-state index contributed by atoms with van der Waals surface area (Å²) in [7, 11) is 3.99. The Morgan fingerprint density at radius 2 is 1.19 bits per heavy atom. The first-order valence-corrected chi connectivity index (χ1v) is 31.2. The summed E-state index contributed by atoms with van der Waals surface area (Å²) in [6.07, 6.45) is 45.0. The highest BCUT2D eigenvalue weighted by Gasteiger charge is 2.57. The number of allylic oxidation sites excluding steroid dienone is 5. The van der Waals surface area contributed by atoms with Crippen LogP contribution in [0.3, 0.4) is 0 Å². The predicted molar refractivity (Wildman–Crippen MR) is 305 cm³/mol. The Bertz CT molecular complexity index is 1650. The van der Waals surface area contributed by atoms with Crippen molar-refractivity contribution >= 4 is 18.0 Å². The molecular weight excluding hydrogens is 905 g/mol. The van der Waals surface area contributed by atoms with Crippen LogP contribution in [0, 0.1) is 46.3 Å². The number of unbranched alkanes of at least 4 members (excludes halogenated alkanes) is 16. The number of hydrogen-bond acceptors (Lipinski definition) is 7. The molecule has 0 aromatic carbocycles. The quantitative estimate of drug-likeness (QED) is 0.0285. The van der Waals surface area contributed by atoms with E-state index in [0.717, 1.165) is 122 Å². The molecule has 8 heteroatoms. The number of carbonyl (C=O) groups is 3. The molecule has 0 aromatic rings. The average Bonchev–Trinajstić information content (AvgIpc) is 3.71. The van der Waals surface area contributed by atoms with Crippen LogP contribution in [0.1, 0.15) is 267 Å². The molecule has 0 saturated heterocycles. The zero-order valence-corrected chi connectivity index (χ0v) is 49.2. The highest BCUT2D eigenvalue weighted by Crippen LogP contribution is 2.66. The number of carbonyl (C=O) groups excluding carboxylic acids is 3. The fraction of sp³-hybridized carbons (Fsp3) is 0.862. The van der Waals surface area contributed by atoms with Gasteiger partial charge in [-0.05, 0) is 163 Å². The van der Waals surface area contributed by atoms with E-state index in [1.54, 1.807) is 5.57 Å². The fourth-order valence-electron chi connectivity index (χ4n) is 13.6. The predicted octanol–water partition coefficient (Wildman–Crippen LogP) is 17.6. The summed E-state index contributed by atoms with van der Waals surface area (Å²) in [5, 5.41) is 2.93. The highest BCUT2D eigenvalue weighted by molar-refractivity contribution is 5.70. The van der Waals surface area contributed by atoms with Crippen molar-refractivity contribution in [2.45, 2.75) is 286 Å². The standard InChI is InChI=1S/C65H114N2O6/c1-11-13-15-17-19-25-31-54(32-26-20-18-16-14-12-2)71-61(68)35-29-23-21-27-33-55(73-63(70)66-47-48-67(9)10)34-28-22-24-30-36-62(69)72-56-43-45-64(7)53(49-56)39-40-57-59-42-41-58(65(59,8)46-44-60(57)64)52(6)38-37-51(5)50(3)4/h37-40,50-52,54-56,58-60H,11-36,41-49H2,1-10H3,(H,66,70)/b38-37+. The van der Waals surface area contributed by atoms with Crippen LogP contribution in [-0.2, 0) is 23.8 Å². The van der Waals surface area contributed by atoms with Crippen molar-refractivity contribution in [2.75, 3.05) is 27.2 Å². The number of nitrogens with one attached hydrogen (secondary N) is 1. The van der Waals surface area contributed by atoms with Gasteiger partial charge in [0.05, 0.1) is 0 Å². The second-order valence-corrected chi connectivity index (χ2v) is 25.2. The molecule has 1 amide bonds. The molecule has 0 radical (unpaired) electrons. The minimum atomic E-state index is -0.341. The van der Waals surface area contributed by atoms with Gasteiger partial charge in [-0.3, -0.25) is 9.59 Å². The zero-order chi connectivity index (χ0) is 53.1. The summed E-state index contributed by atoms with van der Waals surface area (Å²) in [6, 6.07) is 0. The lowest BCUT2D eigenvalue weighted by Crippen LogP contribution is -2.46. The van der Waals surface area contributed by atoms with Gasteiger partial charge in [0.15, 0.2) is 0 Å². The lowest BCUT2D eigenvalue weighted by Gasteiger charge is -2.55. The van der Waals surface area contributed by atoms with Gasteiger partial charge in [-0.1, -0.05) is 181 Å². The SMILES string of the molecule is CCCCCCCCC(CCCCCCCC)OC(=O)CCCCCCC(CCCCCCC(=O)OC1CCC2(C)C(=CC=C3C2CCC2(C)C3CCC2C(C)/C=C/C(C)C(C)C)C1)OC(=O)NCCN(C)C. The van der Waals surface area contributed by atoms with E-state index in [-0.39, 0.29) is 41.8 Å². The summed E-state index contributed by atoms with van der Waals surface area (Å²) >= 11 is 0. The minimum Gasteiger partial charge on any atom is -0.462 e. The Morgan fingerprint density at radius 1 is 0.644 bits per heavy atom. The Kier molecular flexibility index (Phi) is 29.5. The number of hydrogen-bond donors (Lipinski definition) is 1. The minimum absolute atomic E-state index is 0.0187. The van der Waals surface area contributed by atoms with Crippen LogP contribution in [0.15, 0.2) is 35.5 Å². The van der Waals surface area contributed by atoms with Gasteiger partial charge in [-0.2, -0.15) is 0 Å². The van der Waals surface area contributed by atoms with Gasteiger partial charge in [-0.25, -0.2) is 4.79 Å². The number of nitrogens with zero attached hydrogens (tertiary/aromatic N) is 1. The van der Waals surface area contributed by atoms with E-state index in [9.17, 15) is 14.4 Å². The summed E-state index contributed by atoms with van der Waals surface area (Å²) < 4.78 is 18.3. The molecule has 0 heterocycles. The van der Waals surface area contributed by atoms with Crippen LogP contribution in [-0.4, -0.2) is 68.4 Å². The molecule has 0 spiro atoms. The first-order chi connectivity index (χ1) is 35.1. The summed E-state index contributed by atoms with van der Waals surface area (Å²) in [5.74, 6) is 3.90. The van der Waals surface area contributed by atoms with E-state index in [1.165, 1.54) is 95.5 Å². The number of rotatable bonds is 38. The molecule has 4 aliphatic carbocycles. The monoisotopic (exact) mass is 1020 g/mol. The summed E-state index contributed by atoms with van der Waals surface area (Å²) in [4.78, 5) is 41.0. The van der Waals surface area contributed by atoms with Crippen LogP contribution >= 0.6 is 0 Å². The first kappa shape index (κ1) is 62.9. The average molecular weight is 1020 g/mol. The van der Waals surface area contributed by atoms with Crippen LogP contribution < -0.4 is 5.32 Å². The molecule has 9 unspecified atom stereocenters. The molecule has 420 valence electrons. The molecular formula is C65H114N2O6. The maximum atomic E-state index is 13.2. The molecule has 0 aliphatic heterocycles. The number of esters is 2. The molecule has 0 bridgehead atoms. The number of amides is 1. The summed E-state index contributed by atoms with van der Waals surface area (Å²) in [5.41, 5.74) is 3.80. The van der Waals surface area contributed by atoms with Crippen molar-refractivity contribution in [3.05, 3.63) is 35.5 Å². The maximum Gasteiger partial charge on any atom is 0.407 e. The number of likely N-dealkylation sites (N-methyl/N-ethyl adjacent to an activating group) is 1. The molecule has 1 N–H and O–H groups in total. The van der Waals surface area contributed by atoms with E-state index in [0.29, 0.717) is 54.4 Å². The number of fused-ring (bicyclic) bond motifs is 5. The van der Waals surface area contributed by atoms with Crippen molar-refractivity contribution < 1.29 is 28.6 Å². The second-order valence-electron chi connectivity index (χ2n) is 25.2. The Morgan fingerprint density at radius 3 is 1.77 bits per heavy atom. The van der Waals surface area contributed by atoms with Gasteiger partial charge in [0.1, 0.15) is 18.3 Å². The number of alkyl carbamates (subject to hydrolysis) is 1. The molecule has 4 aliphatic rings. The van der Waals surface area contributed by atoms with Crippen molar-refractivity contribution in [3.63, 3.8) is 0 Å². The zero-order valence-electron chi connectivity index (χ0n) is 49.2. The van der Waals surface area contributed by atoms with E-state index in [4.69, 9.17) is 14.2 Å². The molecule has 3 saturated carbocycles. The third-order valence-corrected chi connectivity index (χ3v) is 18.8. The topological polar surface area (TPSA) is 94.2 Å². The maximum absolute atomic E-state index is 13.2. The van der Waals surface area contributed by atoms with Gasteiger partial charge in [0.2, 0.25) is 0 Å². The van der Waals surface area contributed by atoms with Crippen molar-refractivity contribution in [2.24, 2.45) is 46.3 Å². The largest absolute Gasteiger partial charge is 0.462 e. The molecule has 9 atom stereocenters. The molecule has 3 fully saturated rings. The van der Waals surface area contributed by atoms with E-state index >= 15 is 0 Å². The highest BCUT2D eigenvalue weighted by atomic mass is 16.6. The second kappa shape index (κ2) is 34.2. The van der Waals surface area contributed by atoms with E-state index in [2.05, 4.69) is 85.0 Å². The van der Waals surface area contributed by atoms with Crippen LogP contribution in [0.2, 0.25) is 0 Å². The van der Waals surface area contributed by atoms with Gasteiger partial charge in [0, 0.05) is 32.4 Å². The first-order valence-electron chi connectivity index (χ1n) is 31.2. The van der Waals surface area contributed by atoms with Gasteiger partial charge in [0.25, 0.3) is 0 Å². The lowest BCUT2D eigenvalue weighted by molar-refractivity contribution is -0.151. The molecule has 4 rings (SSSR count). The third-order valence-electron chi connectivity index (χ3n) is 18.8. The van der Waals surface area contributed by atoms with E-state index in [1.807, 2.05) is 19.0 Å². The van der Waals surface area contributed by atoms with Gasteiger partial charge < -0.3 is 24.4 Å². The Hall–Kier alpha value is -2.61.